The molecule has 1 aromatic heterocycles. The summed E-state index contributed by atoms with van der Waals surface area (Å²) in [5.41, 5.74) is 0.628. The minimum atomic E-state index is -0.431. The molecule has 0 atom stereocenters. The van der Waals surface area contributed by atoms with Crippen LogP contribution in [-0.4, -0.2) is 27.4 Å². The Morgan fingerprint density at radius 2 is 2.46 bits per heavy atom. The molecule has 1 aliphatic rings. The number of hydrogen-bond donors (Lipinski definition) is 3. The third-order valence-electron chi connectivity index (χ3n) is 2.61. The Balaban J connectivity index is 1.69. The molecule has 0 unspecified atom stereocenters. The first-order valence-electron chi connectivity index (χ1n) is 4.70. The third-order valence-corrected chi connectivity index (χ3v) is 2.61. The fraction of sp³-hybridized carbons (Fsp3) is 0.667. The van der Waals surface area contributed by atoms with Gasteiger partial charge in [0.05, 0.1) is 5.60 Å². The van der Waals surface area contributed by atoms with E-state index in [9.17, 15) is 5.11 Å². The summed E-state index contributed by atoms with van der Waals surface area (Å²) in [6, 6.07) is 1.93. The molecule has 0 amide bonds. The standard InChI is InChI=1S/C9H15N3O/c13-9(3-1-4-9)7-10-6-8-2-5-11-12-8/h2,5,10,13H,1,3-4,6-7H2,(H,11,12). The van der Waals surface area contributed by atoms with Crippen molar-refractivity contribution in [3.8, 4) is 0 Å². The van der Waals surface area contributed by atoms with Gasteiger partial charge in [-0.25, -0.2) is 0 Å². The number of aromatic nitrogens is 2. The molecule has 1 aliphatic carbocycles. The highest BCUT2D eigenvalue weighted by Gasteiger charge is 2.33. The van der Waals surface area contributed by atoms with Crippen LogP contribution in [0.4, 0.5) is 0 Å². The van der Waals surface area contributed by atoms with E-state index in [-0.39, 0.29) is 0 Å². The van der Waals surface area contributed by atoms with Crippen molar-refractivity contribution in [2.45, 2.75) is 31.4 Å². The zero-order chi connectivity index (χ0) is 9.15. The fourth-order valence-corrected chi connectivity index (χ4v) is 1.57. The Hall–Kier alpha value is -0.870. The van der Waals surface area contributed by atoms with Gasteiger partial charge in [0, 0.05) is 25.0 Å². The predicted octanol–water partition coefficient (Wildman–Crippen LogP) is 0.414. The molecule has 4 heteroatoms. The summed E-state index contributed by atoms with van der Waals surface area (Å²) in [6.07, 6.45) is 4.75. The van der Waals surface area contributed by atoms with Gasteiger partial charge in [-0.2, -0.15) is 5.10 Å². The molecule has 0 saturated heterocycles. The number of hydrogen-bond acceptors (Lipinski definition) is 3. The molecule has 1 heterocycles. The van der Waals surface area contributed by atoms with Crippen LogP contribution in [0.2, 0.25) is 0 Å². The summed E-state index contributed by atoms with van der Waals surface area (Å²) < 4.78 is 0. The lowest BCUT2D eigenvalue weighted by molar-refractivity contribution is -0.0315. The molecule has 0 bridgehead atoms. The van der Waals surface area contributed by atoms with Crippen LogP contribution in [0.1, 0.15) is 25.0 Å². The molecule has 2 rings (SSSR count). The van der Waals surface area contributed by atoms with Gasteiger partial charge in [-0.15, -0.1) is 0 Å². The Bertz CT molecular complexity index is 254. The number of nitrogens with one attached hydrogen (secondary N) is 2. The van der Waals surface area contributed by atoms with Gasteiger partial charge in [0.15, 0.2) is 0 Å². The molecule has 0 radical (unpaired) electrons. The van der Waals surface area contributed by atoms with Gasteiger partial charge < -0.3 is 10.4 Å². The molecule has 1 aromatic rings. The quantitative estimate of drug-likeness (QED) is 0.630. The molecule has 13 heavy (non-hydrogen) atoms. The van der Waals surface area contributed by atoms with Crippen molar-refractivity contribution in [3.05, 3.63) is 18.0 Å². The van der Waals surface area contributed by atoms with Crippen LogP contribution < -0.4 is 5.32 Å². The van der Waals surface area contributed by atoms with Crippen LogP contribution in [0.25, 0.3) is 0 Å². The molecule has 0 spiro atoms. The first-order valence-corrected chi connectivity index (χ1v) is 4.70. The van der Waals surface area contributed by atoms with E-state index in [0.717, 1.165) is 31.5 Å². The summed E-state index contributed by atoms with van der Waals surface area (Å²) in [4.78, 5) is 0. The van der Waals surface area contributed by atoms with Gasteiger partial charge in [0.25, 0.3) is 0 Å². The van der Waals surface area contributed by atoms with Gasteiger partial charge in [-0.3, -0.25) is 5.10 Å². The minimum Gasteiger partial charge on any atom is -0.389 e. The van der Waals surface area contributed by atoms with E-state index in [4.69, 9.17) is 0 Å². The lowest BCUT2D eigenvalue weighted by Gasteiger charge is -2.36. The molecular formula is C9H15N3O. The van der Waals surface area contributed by atoms with Crippen LogP contribution >= 0.6 is 0 Å². The van der Waals surface area contributed by atoms with E-state index in [1.807, 2.05) is 6.07 Å². The van der Waals surface area contributed by atoms with Crippen LogP contribution in [0.3, 0.4) is 0 Å². The van der Waals surface area contributed by atoms with E-state index < -0.39 is 5.60 Å². The highest BCUT2D eigenvalue weighted by Crippen LogP contribution is 2.30. The van der Waals surface area contributed by atoms with Crippen molar-refractivity contribution in [1.29, 1.82) is 0 Å². The Kier molecular flexibility index (Phi) is 2.33. The third kappa shape index (κ3) is 2.08. The van der Waals surface area contributed by atoms with Crippen LogP contribution in [0.5, 0.6) is 0 Å². The maximum atomic E-state index is 9.75. The normalized spacial score (nSPS) is 19.8. The van der Waals surface area contributed by atoms with E-state index >= 15 is 0 Å². The smallest absolute Gasteiger partial charge is 0.0771 e. The number of aliphatic hydroxyl groups is 1. The lowest BCUT2D eigenvalue weighted by Crippen LogP contribution is -2.46. The number of aromatic amines is 1. The number of rotatable bonds is 4. The van der Waals surface area contributed by atoms with E-state index in [0.29, 0.717) is 6.54 Å². The van der Waals surface area contributed by atoms with Crippen molar-refractivity contribution < 1.29 is 5.11 Å². The van der Waals surface area contributed by atoms with Crippen LogP contribution in [0.15, 0.2) is 12.3 Å². The maximum absolute atomic E-state index is 9.75. The summed E-state index contributed by atoms with van der Waals surface area (Å²) in [5.74, 6) is 0. The second kappa shape index (κ2) is 3.47. The van der Waals surface area contributed by atoms with Crippen molar-refractivity contribution in [3.63, 3.8) is 0 Å². The van der Waals surface area contributed by atoms with Crippen molar-refractivity contribution >= 4 is 0 Å². The van der Waals surface area contributed by atoms with Crippen molar-refractivity contribution in [1.82, 2.24) is 15.5 Å². The summed E-state index contributed by atoms with van der Waals surface area (Å²) in [5, 5.41) is 19.7. The minimum absolute atomic E-state index is 0.431. The molecule has 1 fully saturated rings. The molecular weight excluding hydrogens is 166 g/mol. The SMILES string of the molecule is OC1(CNCc2ccn[nH]2)CCC1. The summed E-state index contributed by atoms with van der Waals surface area (Å²) >= 11 is 0. The molecule has 72 valence electrons. The summed E-state index contributed by atoms with van der Waals surface area (Å²) in [6.45, 7) is 1.44. The number of nitrogens with zero attached hydrogens (tertiary/aromatic N) is 1. The van der Waals surface area contributed by atoms with Crippen molar-refractivity contribution in [2.24, 2.45) is 0 Å². The van der Waals surface area contributed by atoms with Gasteiger partial charge in [-0.05, 0) is 25.3 Å². The Labute approximate surface area is 77.4 Å². The molecule has 4 nitrogen and oxygen atoms in total. The lowest BCUT2D eigenvalue weighted by atomic mass is 9.80. The monoisotopic (exact) mass is 181 g/mol. The topological polar surface area (TPSA) is 60.9 Å². The van der Waals surface area contributed by atoms with E-state index in [2.05, 4.69) is 15.5 Å². The molecule has 0 aromatic carbocycles. The van der Waals surface area contributed by atoms with Crippen LogP contribution in [0, 0.1) is 0 Å². The number of H-pyrrole nitrogens is 1. The first-order chi connectivity index (χ1) is 6.29. The molecule has 0 aliphatic heterocycles. The van der Waals surface area contributed by atoms with Gasteiger partial charge >= 0.3 is 0 Å². The van der Waals surface area contributed by atoms with E-state index in [1.165, 1.54) is 0 Å². The highest BCUT2D eigenvalue weighted by atomic mass is 16.3. The van der Waals surface area contributed by atoms with Gasteiger partial charge in [0.2, 0.25) is 0 Å². The largest absolute Gasteiger partial charge is 0.389 e. The summed E-state index contributed by atoms with van der Waals surface area (Å²) in [7, 11) is 0. The second-order valence-corrected chi connectivity index (χ2v) is 3.76. The first kappa shape index (κ1) is 8.72. The maximum Gasteiger partial charge on any atom is 0.0771 e. The highest BCUT2D eigenvalue weighted by molar-refractivity contribution is 4.97. The average molecular weight is 181 g/mol. The predicted molar refractivity (Wildman–Crippen MR) is 49.1 cm³/mol. The van der Waals surface area contributed by atoms with E-state index in [1.54, 1.807) is 6.20 Å². The average Bonchev–Trinajstić information content (AvgIpc) is 2.54. The zero-order valence-corrected chi connectivity index (χ0v) is 7.58. The van der Waals surface area contributed by atoms with Gasteiger partial charge in [-0.1, -0.05) is 0 Å². The second-order valence-electron chi connectivity index (χ2n) is 3.76. The van der Waals surface area contributed by atoms with Crippen LogP contribution in [-0.2, 0) is 6.54 Å². The molecule has 1 saturated carbocycles. The van der Waals surface area contributed by atoms with Crippen molar-refractivity contribution in [2.75, 3.05) is 6.54 Å². The fourth-order valence-electron chi connectivity index (χ4n) is 1.57. The molecule has 3 N–H and O–H groups in total. The Morgan fingerprint density at radius 3 is 3.00 bits per heavy atom. The Morgan fingerprint density at radius 1 is 1.62 bits per heavy atom. The zero-order valence-electron chi connectivity index (χ0n) is 7.58. The van der Waals surface area contributed by atoms with Gasteiger partial charge in [0.1, 0.15) is 0 Å².